The molecule has 3 rings (SSSR count). The van der Waals surface area contributed by atoms with Gasteiger partial charge < -0.3 is 9.47 Å². The Morgan fingerprint density at radius 2 is 1.24 bits per heavy atom. The molecule has 0 aliphatic carbocycles. The second-order valence-electron chi connectivity index (χ2n) is 7.94. The summed E-state index contributed by atoms with van der Waals surface area (Å²) in [5.41, 5.74) is 1.23. The van der Waals surface area contributed by atoms with Crippen molar-refractivity contribution in [2.24, 2.45) is 0 Å². The Bertz CT molecular complexity index is 1360. The van der Waals surface area contributed by atoms with E-state index in [1.54, 1.807) is 60.7 Å². The highest BCUT2D eigenvalue weighted by Crippen LogP contribution is 2.34. The molecule has 0 radical (unpaired) electrons. The fourth-order valence-corrected chi connectivity index (χ4v) is 3.09. The van der Waals surface area contributed by atoms with Gasteiger partial charge in [-0.05, 0) is 59.5 Å². The molecule has 3 aromatic rings. The molecule has 0 saturated heterocycles. The molecule has 4 nitrogen and oxygen atoms in total. The van der Waals surface area contributed by atoms with Gasteiger partial charge in [0, 0.05) is 11.6 Å². The van der Waals surface area contributed by atoms with Crippen LogP contribution in [0.15, 0.2) is 91.5 Å². The molecular formula is C30H23F3O4. The monoisotopic (exact) mass is 504 g/mol. The number of hydrogen-bond acceptors (Lipinski definition) is 4. The Morgan fingerprint density at radius 1 is 0.757 bits per heavy atom. The highest BCUT2D eigenvalue weighted by Gasteiger charge is 2.32. The first kappa shape index (κ1) is 26.9. The zero-order valence-corrected chi connectivity index (χ0v) is 19.9. The average Bonchev–Trinajstić information content (AvgIpc) is 2.87. The lowest BCUT2D eigenvalue weighted by Crippen LogP contribution is -2.07. The van der Waals surface area contributed by atoms with Gasteiger partial charge in [0.05, 0.1) is 5.56 Å². The van der Waals surface area contributed by atoms with E-state index < -0.39 is 23.7 Å². The molecule has 0 aliphatic heterocycles. The van der Waals surface area contributed by atoms with Crippen molar-refractivity contribution in [2.75, 3.05) is 0 Å². The van der Waals surface area contributed by atoms with Crippen molar-refractivity contribution in [3.05, 3.63) is 119 Å². The summed E-state index contributed by atoms with van der Waals surface area (Å²) in [4.78, 5) is 22.8. The lowest BCUT2D eigenvalue weighted by molar-refractivity contribution is -0.137. The topological polar surface area (TPSA) is 52.6 Å². The molecule has 7 heteroatoms. The third-order valence-corrected chi connectivity index (χ3v) is 5.01. The van der Waals surface area contributed by atoms with Crippen LogP contribution in [0.2, 0.25) is 0 Å². The van der Waals surface area contributed by atoms with Crippen molar-refractivity contribution in [3.8, 4) is 11.5 Å². The third kappa shape index (κ3) is 7.93. The Kier molecular flexibility index (Phi) is 8.64. The molecule has 188 valence electrons. The van der Waals surface area contributed by atoms with Gasteiger partial charge in [-0.15, -0.1) is 0 Å². The minimum Gasteiger partial charge on any atom is -0.423 e. The molecule has 0 aromatic heterocycles. The molecule has 0 saturated carbocycles. The average molecular weight is 505 g/mol. The van der Waals surface area contributed by atoms with Gasteiger partial charge in [-0.2, -0.15) is 13.2 Å². The molecule has 0 heterocycles. The van der Waals surface area contributed by atoms with Gasteiger partial charge in [-0.3, -0.25) is 0 Å². The SMILES string of the molecule is C=CC(=O)Oc1ccc(/C=C/c2ccc(/C=C/c3ccc(OC(=O)C(=C)C)cc3)cc2C(F)(F)F)cc1. The molecule has 0 bridgehead atoms. The number of ether oxygens (including phenoxy) is 2. The van der Waals surface area contributed by atoms with E-state index in [4.69, 9.17) is 9.47 Å². The molecule has 0 aliphatic rings. The maximum atomic E-state index is 13.8. The number of carbonyl (C=O) groups is 2. The van der Waals surface area contributed by atoms with Gasteiger partial charge in [0.1, 0.15) is 11.5 Å². The van der Waals surface area contributed by atoms with E-state index in [2.05, 4.69) is 13.2 Å². The second kappa shape index (κ2) is 11.9. The van der Waals surface area contributed by atoms with Gasteiger partial charge in [-0.25, -0.2) is 9.59 Å². The number of carbonyl (C=O) groups excluding carboxylic acids is 2. The van der Waals surface area contributed by atoms with E-state index in [0.29, 0.717) is 22.6 Å². The van der Waals surface area contributed by atoms with E-state index in [1.807, 2.05) is 0 Å². The van der Waals surface area contributed by atoms with Gasteiger partial charge >= 0.3 is 18.1 Å². The first-order chi connectivity index (χ1) is 17.5. The summed E-state index contributed by atoms with van der Waals surface area (Å²) in [6, 6.07) is 16.9. The highest BCUT2D eigenvalue weighted by atomic mass is 19.4. The number of halogens is 3. The summed E-state index contributed by atoms with van der Waals surface area (Å²) in [6.07, 6.45) is 2.64. The number of benzene rings is 3. The number of hydrogen-bond donors (Lipinski definition) is 0. The quantitative estimate of drug-likeness (QED) is 0.137. The summed E-state index contributed by atoms with van der Waals surface area (Å²) in [5.74, 6) is -0.499. The van der Waals surface area contributed by atoms with Crippen LogP contribution >= 0.6 is 0 Å². The molecule has 0 unspecified atom stereocenters. The molecule has 0 amide bonds. The van der Waals surface area contributed by atoms with Crippen LogP contribution in [0.4, 0.5) is 13.2 Å². The Hall–Kier alpha value is -4.65. The molecule has 3 aromatic carbocycles. The van der Waals surface area contributed by atoms with Crippen molar-refractivity contribution < 1.29 is 32.2 Å². The fraction of sp³-hybridized carbons (Fsp3) is 0.0667. The largest absolute Gasteiger partial charge is 0.423 e. The predicted molar refractivity (Wildman–Crippen MR) is 138 cm³/mol. The molecule has 0 fully saturated rings. The van der Waals surface area contributed by atoms with Crippen LogP contribution < -0.4 is 9.47 Å². The first-order valence-electron chi connectivity index (χ1n) is 11.0. The standard InChI is InChI=1S/C30H23F3O4/c1-4-28(34)36-25-15-9-22(10-16-25)7-13-24-14-8-23(19-27(24)30(31,32)33)6-5-21-11-17-26(18-12-21)37-29(35)20(2)3/h4-19H,1-2H2,3H3/b6-5+,13-7+. The Balaban J connectivity index is 1.76. The van der Waals surface area contributed by atoms with E-state index in [1.165, 1.54) is 31.2 Å². The van der Waals surface area contributed by atoms with Gasteiger partial charge in [-0.1, -0.05) is 73.9 Å². The van der Waals surface area contributed by atoms with Crippen molar-refractivity contribution >= 4 is 36.2 Å². The number of esters is 2. The lowest BCUT2D eigenvalue weighted by atomic mass is 10.0. The summed E-state index contributed by atoms with van der Waals surface area (Å²) in [5, 5.41) is 0. The summed E-state index contributed by atoms with van der Waals surface area (Å²) >= 11 is 0. The smallest absolute Gasteiger partial charge is 0.417 e. The van der Waals surface area contributed by atoms with Crippen LogP contribution in [0.5, 0.6) is 11.5 Å². The summed E-state index contributed by atoms with van der Waals surface area (Å²) < 4.78 is 51.4. The minimum absolute atomic E-state index is 0.00972. The van der Waals surface area contributed by atoms with E-state index in [9.17, 15) is 22.8 Å². The van der Waals surface area contributed by atoms with Crippen molar-refractivity contribution in [2.45, 2.75) is 13.1 Å². The second-order valence-corrected chi connectivity index (χ2v) is 7.94. The minimum atomic E-state index is -4.55. The van der Waals surface area contributed by atoms with Crippen LogP contribution in [0.1, 0.15) is 34.7 Å². The van der Waals surface area contributed by atoms with Crippen molar-refractivity contribution in [3.63, 3.8) is 0 Å². The Labute approximate surface area is 212 Å². The molecule has 0 N–H and O–H groups in total. The first-order valence-corrected chi connectivity index (χ1v) is 11.0. The molecule has 0 spiro atoms. The molecule has 37 heavy (non-hydrogen) atoms. The van der Waals surface area contributed by atoms with Crippen LogP contribution in [-0.4, -0.2) is 11.9 Å². The lowest BCUT2D eigenvalue weighted by Gasteiger charge is -2.11. The van der Waals surface area contributed by atoms with E-state index in [0.717, 1.165) is 17.7 Å². The summed E-state index contributed by atoms with van der Waals surface area (Å²) in [7, 11) is 0. The van der Waals surface area contributed by atoms with Crippen LogP contribution in [0, 0.1) is 0 Å². The highest BCUT2D eigenvalue weighted by molar-refractivity contribution is 5.88. The predicted octanol–water partition coefficient (Wildman–Crippen LogP) is 7.62. The zero-order chi connectivity index (χ0) is 27.0. The number of alkyl halides is 3. The Morgan fingerprint density at radius 3 is 1.76 bits per heavy atom. The van der Waals surface area contributed by atoms with Crippen molar-refractivity contribution in [1.29, 1.82) is 0 Å². The number of rotatable bonds is 8. The normalized spacial score (nSPS) is 11.5. The fourth-order valence-electron chi connectivity index (χ4n) is 3.09. The van der Waals surface area contributed by atoms with E-state index >= 15 is 0 Å². The van der Waals surface area contributed by atoms with Gasteiger partial charge in [0.25, 0.3) is 0 Å². The molecule has 0 atom stereocenters. The van der Waals surface area contributed by atoms with Crippen LogP contribution in [-0.2, 0) is 15.8 Å². The maximum Gasteiger partial charge on any atom is 0.417 e. The zero-order valence-electron chi connectivity index (χ0n) is 19.9. The maximum absolute atomic E-state index is 13.8. The third-order valence-electron chi connectivity index (χ3n) is 5.01. The van der Waals surface area contributed by atoms with Gasteiger partial charge in [0.15, 0.2) is 0 Å². The van der Waals surface area contributed by atoms with Gasteiger partial charge in [0.2, 0.25) is 0 Å². The summed E-state index contributed by atoms with van der Waals surface area (Å²) in [6.45, 7) is 8.37. The van der Waals surface area contributed by atoms with Crippen molar-refractivity contribution in [1.82, 2.24) is 0 Å². The molecular weight excluding hydrogens is 481 g/mol. The van der Waals surface area contributed by atoms with Crippen LogP contribution in [0.25, 0.3) is 24.3 Å². The van der Waals surface area contributed by atoms with Crippen LogP contribution in [0.3, 0.4) is 0 Å². The van der Waals surface area contributed by atoms with E-state index in [-0.39, 0.29) is 11.1 Å².